The molecule has 0 aliphatic heterocycles. The van der Waals surface area contributed by atoms with Gasteiger partial charge in [0.25, 0.3) is 0 Å². The summed E-state index contributed by atoms with van der Waals surface area (Å²) in [6.45, 7) is 3.48. The summed E-state index contributed by atoms with van der Waals surface area (Å²) < 4.78 is 41.9. The molecule has 1 unspecified atom stereocenters. The van der Waals surface area contributed by atoms with Gasteiger partial charge in [0.05, 0.1) is 5.75 Å². The molecule has 0 radical (unpaired) electrons. The van der Waals surface area contributed by atoms with Crippen molar-refractivity contribution < 1.29 is 17.5 Å². The molecular formula is C14H22FNO3S. The van der Waals surface area contributed by atoms with E-state index in [0.29, 0.717) is 12.0 Å². The fourth-order valence-electron chi connectivity index (χ4n) is 1.72. The summed E-state index contributed by atoms with van der Waals surface area (Å²) in [6, 6.07) is 4.58. The lowest BCUT2D eigenvalue weighted by Crippen LogP contribution is -2.22. The Balaban J connectivity index is 2.78. The molecule has 0 aliphatic carbocycles. The van der Waals surface area contributed by atoms with Crippen LogP contribution in [0.1, 0.15) is 25.8 Å². The van der Waals surface area contributed by atoms with Crippen LogP contribution in [-0.2, 0) is 16.3 Å². The van der Waals surface area contributed by atoms with Crippen molar-refractivity contribution in [3.8, 4) is 5.75 Å². The molecule has 0 heterocycles. The van der Waals surface area contributed by atoms with E-state index >= 15 is 0 Å². The maximum absolute atomic E-state index is 13.8. The zero-order valence-corrected chi connectivity index (χ0v) is 12.7. The number of ether oxygens (including phenoxy) is 1. The summed E-state index contributed by atoms with van der Waals surface area (Å²) in [7, 11) is -3.12. The van der Waals surface area contributed by atoms with E-state index in [0.717, 1.165) is 6.42 Å². The largest absolute Gasteiger partial charge is 0.489 e. The van der Waals surface area contributed by atoms with Crippen molar-refractivity contribution in [3.63, 3.8) is 0 Å². The second kappa shape index (κ2) is 7.59. The van der Waals surface area contributed by atoms with E-state index in [-0.39, 0.29) is 29.9 Å². The molecule has 4 nitrogen and oxygen atoms in total. The van der Waals surface area contributed by atoms with Gasteiger partial charge in [-0.2, -0.15) is 0 Å². The molecule has 0 aromatic heterocycles. The summed E-state index contributed by atoms with van der Waals surface area (Å²) >= 11 is 0. The van der Waals surface area contributed by atoms with E-state index in [2.05, 4.69) is 0 Å². The molecule has 1 rings (SSSR count). The number of sulfone groups is 1. The van der Waals surface area contributed by atoms with Gasteiger partial charge in [0, 0.05) is 11.8 Å². The summed E-state index contributed by atoms with van der Waals surface area (Å²) in [5.41, 5.74) is 6.54. The van der Waals surface area contributed by atoms with Crippen LogP contribution in [0.25, 0.3) is 0 Å². The van der Waals surface area contributed by atoms with Crippen LogP contribution in [0.5, 0.6) is 5.75 Å². The highest BCUT2D eigenvalue weighted by molar-refractivity contribution is 7.91. The first-order valence-electron chi connectivity index (χ1n) is 6.75. The first kappa shape index (κ1) is 16.9. The van der Waals surface area contributed by atoms with Gasteiger partial charge in [0.1, 0.15) is 6.61 Å². The second-order valence-corrected chi connectivity index (χ2v) is 7.16. The highest BCUT2D eigenvalue weighted by atomic mass is 32.2. The van der Waals surface area contributed by atoms with E-state index in [9.17, 15) is 12.8 Å². The van der Waals surface area contributed by atoms with Gasteiger partial charge in [-0.3, -0.25) is 0 Å². The molecule has 0 amide bonds. The zero-order chi connectivity index (χ0) is 15.2. The highest BCUT2D eigenvalue weighted by Crippen LogP contribution is 2.24. The van der Waals surface area contributed by atoms with Crippen molar-refractivity contribution in [3.05, 3.63) is 29.6 Å². The van der Waals surface area contributed by atoms with Crippen LogP contribution >= 0.6 is 0 Å². The summed E-state index contributed by atoms with van der Waals surface area (Å²) in [6.07, 6.45) is 1.28. The Labute approximate surface area is 120 Å². The van der Waals surface area contributed by atoms with Crippen molar-refractivity contribution in [2.24, 2.45) is 5.73 Å². The van der Waals surface area contributed by atoms with Crippen molar-refractivity contribution in [1.82, 2.24) is 0 Å². The maximum Gasteiger partial charge on any atom is 0.165 e. The standard InChI is InChI=1S/C14H22FNO3S/c1-3-12(16)10-11-6-5-7-13(15)14(11)19-8-9-20(17,18)4-2/h5-7,12H,3-4,8-10,16H2,1-2H3. The number of rotatable bonds is 8. The number of halogens is 1. The molecule has 1 aromatic carbocycles. The lowest BCUT2D eigenvalue weighted by atomic mass is 10.0. The van der Waals surface area contributed by atoms with Crippen LogP contribution in [0, 0.1) is 5.82 Å². The van der Waals surface area contributed by atoms with E-state index in [1.807, 2.05) is 6.92 Å². The Bertz CT molecular complexity index is 531. The lowest BCUT2D eigenvalue weighted by molar-refractivity contribution is 0.317. The molecule has 0 saturated carbocycles. The molecule has 0 aliphatic rings. The summed E-state index contributed by atoms with van der Waals surface area (Å²) in [4.78, 5) is 0. The normalized spacial score (nSPS) is 13.2. The average molecular weight is 303 g/mol. The fraction of sp³-hybridized carbons (Fsp3) is 0.571. The van der Waals surface area contributed by atoms with Gasteiger partial charge in [-0.15, -0.1) is 0 Å². The molecule has 114 valence electrons. The molecule has 0 saturated heterocycles. The Morgan fingerprint density at radius 3 is 2.65 bits per heavy atom. The van der Waals surface area contributed by atoms with E-state index in [1.165, 1.54) is 6.07 Å². The van der Waals surface area contributed by atoms with Gasteiger partial charge in [-0.05, 0) is 24.5 Å². The van der Waals surface area contributed by atoms with Crippen LogP contribution in [0.15, 0.2) is 18.2 Å². The smallest absolute Gasteiger partial charge is 0.165 e. The van der Waals surface area contributed by atoms with Gasteiger partial charge in [0.15, 0.2) is 21.4 Å². The molecule has 0 bridgehead atoms. The second-order valence-electron chi connectivity index (χ2n) is 4.69. The number of para-hydroxylation sites is 1. The molecule has 1 aromatic rings. The van der Waals surface area contributed by atoms with E-state index in [1.54, 1.807) is 19.1 Å². The van der Waals surface area contributed by atoms with Crippen LogP contribution in [-0.4, -0.2) is 32.6 Å². The van der Waals surface area contributed by atoms with Crippen molar-refractivity contribution in [2.45, 2.75) is 32.7 Å². The minimum atomic E-state index is -3.12. The third-order valence-electron chi connectivity index (χ3n) is 3.14. The number of benzene rings is 1. The average Bonchev–Trinajstić information content (AvgIpc) is 2.41. The molecular weight excluding hydrogens is 281 g/mol. The first-order chi connectivity index (χ1) is 9.39. The fourth-order valence-corrected chi connectivity index (χ4v) is 2.34. The predicted molar refractivity (Wildman–Crippen MR) is 78.2 cm³/mol. The molecule has 0 fully saturated rings. The van der Waals surface area contributed by atoms with Gasteiger partial charge in [-0.25, -0.2) is 12.8 Å². The molecule has 2 N–H and O–H groups in total. The lowest BCUT2D eigenvalue weighted by Gasteiger charge is -2.15. The topological polar surface area (TPSA) is 69.4 Å². The van der Waals surface area contributed by atoms with Crippen molar-refractivity contribution in [2.75, 3.05) is 18.1 Å². The third kappa shape index (κ3) is 5.09. The first-order valence-corrected chi connectivity index (χ1v) is 8.58. The SMILES string of the molecule is CCC(N)Cc1cccc(F)c1OCCS(=O)(=O)CC. The van der Waals surface area contributed by atoms with Gasteiger partial charge < -0.3 is 10.5 Å². The summed E-state index contributed by atoms with van der Waals surface area (Å²) in [5.74, 6) is -0.430. The molecule has 0 spiro atoms. The van der Waals surface area contributed by atoms with E-state index in [4.69, 9.17) is 10.5 Å². The molecule has 20 heavy (non-hydrogen) atoms. The summed E-state index contributed by atoms with van der Waals surface area (Å²) in [5, 5.41) is 0. The van der Waals surface area contributed by atoms with Gasteiger partial charge in [-0.1, -0.05) is 26.0 Å². The predicted octanol–water partition coefficient (Wildman–Crippen LogP) is 1.92. The Morgan fingerprint density at radius 2 is 2.05 bits per heavy atom. The minimum absolute atomic E-state index is 0.0501. The van der Waals surface area contributed by atoms with Gasteiger partial charge >= 0.3 is 0 Å². The minimum Gasteiger partial charge on any atom is -0.489 e. The van der Waals surface area contributed by atoms with Crippen LogP contribution in [0.4, 0.5) is 4.39 Å². The Hall–Kier alpha value is -1.14. The van der Waals surface area contributed by atoms with Crippen molar-refractivity contribution >= 4 is 9.84 Å². The zero-order valence-electron chi connectivity index (χ0n) is 11.9. The van der Waals surface area contributed by atoms with E-state index < -0.39 is 15.7 Å². The number of hydrogen-bond acceptors (Lipinski definition) is 4. The van der Waals surface area contributed by atoms with Crippen LogP contribution < -0.4 is 10.5 Å². The third-order valence-corrected chi connectivity index (χ3v) is 4.80. The molecule has 1 atom stereocenters. The maximum atomic E-state index is 13.8. The number of nitrogens with two attached hydrogens (primary N) is 1. The Morgan fingerprint density at radius 1 is 1.35 bits per heavy atom. The molecule has 6 heteroatoms. The number of hydrogen-bond donors (Lipinski definition) is 1. The van der Waals surface area contributed by atoms with Crippen molar-refractivity contribution in [1.29, 1.82) is 0 Å². The quantitative estimate of drug-likeness (QED) is 0.796. The van der Waals surface area contributed by atoms with Gasteiger partial charge in [0.2, 0.25) is 0 Å². The highest BCUT2D eigenvalue weighted by Gasteiger charge is 2.14. The van der Waals surface area contributed by atoms with Crippen LogP contribution in [0.3, 0.4) is 0 Å². The monoisotopic (exact) mass is 303 g/mol. The van der Waals surface area contributed by atoms with Crippen LogP contribution in [0.2, 0.25) is 0 Å². The Kier molecular flexibility index (Phi) is 6.42.